The van der Waals surface area contributed by atoms with Crippen LogP contribution in [-0.2, 0) is 13.0 Å². The van der Waals surface area contributed by atoms with Gasteiger partial charge in [0.25, 0.3) is 0 Å². The van der Waals surface area contributed by atoms with Gasteiger partial charge in [-0.2, -0.15) is 0 Å². The molecule has 6 heteroatoms. The van der Waals surface area contributed by atoms with Gasteiger partial charge >= 0.3 is 0 Å². The molecule has 0 atom stereocenters. The van der Waals surface area contributed by atoms with E-state index in [1.807, 2.05) is 6.33 Å². The average Bonchev–Trinajstić information content (AvgIpc) is 3.00. The fourth-order valence-electron chi connectivity index (χ4n) is 2.67. The van der Waals surface area contributed by atoms with Gasteiger partial charge in [-0.1, -0.05) is 31.2 Å². The number of anilines is 2. The molecular formula is C17H17N5S. The molecule has 0 radical (unpaired) electrons. The van der Waals surface area contributed by atoms with Crippen molar-refractivity contribution in [3.05, 3.63) is 54.4 Å². The van der Waals surface area contributed by atoms with E-state index in [4.69, 9.17) is 0 Å². The zero-order chi connectivity index (χ0) is 15.6. The Morgan fingerprint density at radius 3 is 3.00 bits per heavy atom. The van der Waals surface area contributed by atoms with Gasteiger partial charge in [0.15, 0.2) is 5.82 Å². The van der Waals surface area contributed by atoms with E-state index in [2.05, 4.69) is 56.2 Å². The minimum Gasteiger partial charge on any atom is -0.337 e. The Labute approximate surface area is 139 Å². The van der Waals surface area contributed by atoms with Crippen molar-refractivity contribution in [1.82, 2.24) is 19.5 Å². The molecular weight excluding hydrogens is 306 g/mol. The first kappa shape index (κ1) is 14.3. The first-order valence-electron chi connectivity index (χ1n) is 7.71. The van der Waals surface area contributed by atoms with E-state index in [-0.39, 0.29) is 0 Å². The number of hydrogen-bond acceptors (Lipinski definition) is 5. The molecule has 0 unspecified atom stereocenters. The van der Waals surface area contributed by atoms with Crippen LogP contribution < -0.4 is 5.32 Å². The Kier molecular flexibility index (Phi) is 3.75. The molecule has 116 valence electrons. The standard InChI is InChI=1S/C17H17N5S/c1-2-3-13-10-22(11-20-13)9-12-4-5-15-14(8-12)21-16-17(23-15)19-7-6-18-16/h4-8,10-11H,2-3,9H2,1H3,(H,18,21). The quantitative estimate of drug-likeness (QED) is 0.617. The van der Waals surface area contributed by atoms with Gasteiger partial charge < -0.3 is 9.88 Å². The lowest BCUT2D eigenvalue weighted by molar-refractivity contribution is 0.794. The summed E-state index contributed by atoms with van der Waals surface area (Å²) in [6.45, 7) is 3.00. The number of benzene rings is 1. The molecule has 0 saturated carbocycles. The van der Waals surface area contributed by atoms with Gasteiger partial charge in [-0.05, 0) is 24.1 Å². The molecule has 0 fully saturated rings. The van der Waals surface area contributed by atoms with Crippen LogP contribution in [0.5, 0.6) is 0 Å². The van der Waals surface area contributed by atoms with Gasteiger partial charge in [0, 0.05) is 30.0 Å². The van der Waals surface area contributed by atoms with Crippen molar-refractivity contribution in [2.24, 2.45) is 0 Å². The number of aryl methyl sites for hydroxylation is 1. The number of nitrogens with zero attached hydrogens (tertiary/aromatic N) is 4. The van der Waals surface area contributed by atoms with Crippen molar-refractivity contribution in [2.45, 2.75) is 36.2 Å². The van der Waals surface area contributed by atoms with Crippen molar-refractivity contribution in [3.8, 4) is 0 Å². The van der Waals surface area contributed by atoms with E-state index < -0.39 is 0 Å². The molecule has 0 bridgehead atoms. The molecule has 3 heterocycles. The van der Waals surface area contributed by atoms with Crippen LogP contribution in [0.1, 0.15) is 24.6 Å². The summed E-state index contributed by atoms with van der Waals surface area (Å²) in [6, 6.07) is 6.48. The molecule has 1 aliphatic rings. The Morgan fingerprint density at radius 1 is 1.17 bits per heavy atom. The molecule has 5 nitrogen and oxygen atoms in total. The lowest BCUT2D eigenvalue weighted by Gasteiger charge is -2.19. The molecule has 4 rings (SSSR count). The van der Waals surface area contributed by atoms with E-state index in [0.717, 1.165) is 41.6 Å². The minimum atomic E-state index is 0.823. The molecule has 1 aliphatic heterocycles. The van der Waals surface area contributed by atoms with Gasteiger partial charge in [0.1, 0.15) is 5.03 Å². The van der Waals surface area contributed by atoms with E-state index in [0.29, 0.717) is 0 Å². The van der Waals surface area contributed by atoms with Crippen LogP contribution in [0, 0.1) is 0 Å². The summed E-state index contributed by atoms with van der Waals surface area (Å²) < 4.78 is 2.14. The Hall–Kier alpha value is -2.34. The molecule has 2 aromatic heterocycles. The summed E-state index contributed by atoms with van der Waals surface area (Å²) in [4.78, 5) is 14.3. The van der Waals surface area contributed by atoms with Crippen LogP contribution in [0.4, 0.5) is 11.5 Å². The normalized spacial score (nSPS) is 12.4. The fraction of sp³-hybridized carbons (Fsp3) is 0.235. The van der Waals surface area contributed by atoms with Crippen LogP contribution in [0.15, 0.2) is 53.0 Å². The number of rotatable bonds is 4. The summed E-state index contributed by atoms with van der Waals surface area (Å²) in [5, 5.41) is 4.30. The predicted molar refractivity (Wildman–Crippen MR) is 91.2 cm³/mol. The second-order valence-corrected chi connectivity index (χ2v) is 6.59. The van der Waals surface area contributed by atoms with Crippen molar-refractivity contribution < 1.29 is 0 Å². The zero-order valence-corrected chi connectivity index (χ0v) is 13.7. The van der Waals surface area contributed by atoms with Gasteiger partial charge in [-0.25, -0.2) is 15.0 Å². The van der Waals surface area contributed by atoms with Crippen molar-refractivity contribution in [2.75, 3.05) is 5.32 Å². The number of imidazole rings is 1. The summed E-state index contributed by atoms with van der Waals surface area (Å²) >= 11 is 1.65. The second-order valence-electron chi connectivity index (χ2n) is 5.56. The second kappa shape index (κ2) is 6.04. The number of aromatic nitrogens is 4. The summed E-state index contributed by atoms with van der Waals surface area (Å²) in [7, 11) is 0. The van der Waals surface area contributed by atoms with Crippen molar-refractivity contribution in [1.29, 1.82) is 0 Å². The molecule has 0 spiro atoms. The monoisotopic (exact) mass is 323 g/mol. The highest BCUT2D eigenvalue weighted by Crippen LogP contribution is 2.42. The van der Waals surface area contributed by atoms with E-state index in [1.165, 1.54) is 10.5 Å². The predicted octanol–water partition coefficient (Wildman–Crippen LogP) is 3.88. The van der Waals surface area contributed by atoms with Crippen LogP contribution >= 0.6 is 11.8 Å². The zero-order valence-electron chi connectivity index (χ0n) is 12.9. The average molecular weight is 323 g/mol. The van der Waals surface area contributed by atoms with E-state index in [1.54, 1.807) is 24.2 Å². The highest BCUT2D eigenvalue weighted by Gasteiger charge is 2.17. The maximum Gasteiger partial charge on any atom is 0.163 e. The lowest BCUT2D eigenvalue weighted by Crippen LogP contribution is -2.05. The highest BCUT2D eigenvalue weighted by molar-refractivity contribution is 7.99. The number of nitrogens with one attached hydrogen (secondary N) is 1. The maximum absolute atomic E-state index is 4.44. The number of hydrogen-bond donors (Lipinski definition) is 1. The lowest BCUT2D eigenvalue weighted by atomic mass is 10.2. The van der Waals surface area contributed by atoms with Gasteiger partial charge in [-0.15, -0.1) is 0 Å². The van der Waals surface area contributed by atoms with Crippen molar-refractivity contribution in [3.63, 3.8) is 0 Å². The van der Waals surface area contributed by atoms with Gasteiger partial charge in [-0.3, -0.25) is 0 Å². The molecule has 0 amide bonds. The van der Waals surface area contributed by atoms with Crippen LogP contribution in [-0.4, -0.2) is 19.5 Å². The Balaban J connectivity index is 1.56. The summed E-state index contributed by atoms with van der Waals surface area (Å²) in [6.07, 6.45) is 9.63. The van der Waals surface area contributed by atoms with Gasteiger partial charge in [0.2, 0.25) is 0 Å². The molecule has 1 N–H and O–H groups in total. The highest BCUT2D eigenvalue weighted by atomic mass is 32.2. The largest absolute Gasteiger partial charge is 0.337 e. The topological polar surface area (TPSA) is 55.6 Å². The SMILES string of the molecule is CCCc1cn(Cc2ccc3c(c2)Nc2nccnc2S3)cn1. The number of fused-ring (bicyclic) bond motifs is 2. The Bertz CT molecular complexity index is 843. The smallest absolute Gasteiger partial charge is 0.163 e. The molecule has 23 heavy (non-hydrogen) atoms. The third-order valence-corrected chi connectivity index (χ3v) is 4.79. The molecule has 0 aliphatic carbocycles. The van der Waals surface area contributed by atoms with Crippen molar-refractivity contribution >= 4 is 23.3 Å². The summed E-state index contributed by atoms with van der Waals surface area (Å²) in [5.74, 6) is 0.829. The van der Waals surface area contributed by atoms with Crippen LogP contribution in [0.3, 0.4) is 0 Å². The van der Waals surface area contributed by atoms with Crippen LogP contribution in [0.25, 0.3) is 0 Å². The first-order chi connectivity index (χ1) is 11.3. The molecule has 3 aromatic rings. The first-order valence-corrected chi connectivity index (χ1v) is 8.53. The van der Waals surface area contributed by atoms with E-state index in [9.17, 15) is 0 Å². The van der Waals surface area contributed by atoms with Crippen LogP contribution in [0.2, 0.25) is 0 Å². The third-order valence-electron chi connectivity index (χ3n) is 3.73. The molecule has 0 saturated heterocycles. The Morgan fingerprint density at radius 2 is 2.09 bits per heavy atom. The fourth-order valence-corrected chi connectivity index (χ4v) is 3.55. The van der Waals surface area contributed by atoms with Gasteiger partial charge in [0.05, 0.1) is 17.7 Å². The van der Waals surface area contributed by atoms with E-state index >= 15 is 0 Å². The third kappa shape index (κ3) is 2.94. The maximum atomic E-state index is 4.44. The minimum absolute atomic E-state index is 0.823. The molecule has 1 aromatic carbocycles. The summed E-state index contributed by atoms with van der Waals surface area (Å²) in [5.41, 5.74) is 3.49.